The predicted molar refractivity (Wildman–Crippen MR) is 78.2 cm³/mol. The van der Waals surface area contributed by atoms with Crippen LogP contribution in [0.5, 0.6) is 11.5 Å². The van der Waals surface area contributed by atoms with Gasteiger partial charge in [-0.05, 0) is 51.2 Å². The fraction of sp³-hybridized carbons (Fsp3) is 0.267. The molecule has 2 heterocycles. The van der Waals surface area contributed by atoms with Crippen LogP contribution in [0, 0.1) is 0 Å². The summed E-state index contributed by atoms with van der Waals surface area (Å²) in [6, 6.07) is 9.58. The number of benzene rings is 1. The molecule has 0 fully saturated rings. The molecule has 1 aliphatic heterocycles. The van der Waals surface area contributed by atoms with Crippen molar-refractivity contribution in [1.29, 1.82) is 0 Å². The normalized spacial score (nSPS) is 12.2. The van der Waals surface area contributed by atoms with Crippen molar-refractivity contribution in [2.45, 2.75) is 12.8 Å². The van der Waals surface area contributed by atoms with Gasteiger partial charge in [-0.1, -0.05) is 17.7 Å². The topological polar surface area (TPSA) is 34.2 Å². The molecule has 1 aromatic heterocycles. The first kappa shape index (κ1) is 13.8. The van der Waals surface area contributed by atoms with Crippen LogP contribution in [-0.2, 0) is 12.8 Å². The van der Waals surface area contributed by atoms with E-state index in [9.17, 15) is 0 Å². The summed E-state index contributed by atoms with van der Waals surface area (Å²) in [6.45, 7) is 0. The van der Waals surface area contributed by atoms with Crippen LogP contribution < -0.4 is 10.1 Å². The molecule has 0 saturated carbocycles. The Balaban J connectivity index is 0.000000408. The van der Waals surface area contributed by atoms with Crippen molar-refractivity contribution in [3.63, 3.8) is 0 Å². The number of ether oxygens (including phenoxy) is 1. The Hall–Kier alpha value is -1.58. The fourth-order valence-electron chi connectivity index (χ4n) is 1.94. The lowest BCUT2D eigenvalue weighted by molar-refractivity contribution is 0.476. The van der Waals surface area contributed by atoms with Gasteiger partial charge in [0.2, 0.25) is 0 Å². The highest BCUT2D eigenvalue weighted by Gasteiger charge is 2.16. The average Bonchev–Trinajstić information content (AvgIpc) is 2.59. The van der Waals surface area contributed by atoms with Gasteiger partial charge in [-0.25, -0.2) is 0 Å². The van der Waals surface area contributed by atoms with Crippen LogP contribution in [-0.4, -0.2) is 19.1 Å². The predicted octanol–water partition coefficient (Wildman–Crippen LogP) is 3.46. The number of rotatable bonds is 0. The number of hydrogen-bond donors (Lipinski definition) is 1. The molecule has 0 atom stereocenters. The highest BCUT2D eigenvalue weighted by atomic mass is 35.5. The minimum Gasteiger partial charge on any atom is -0.455 e. The quantitative estimate of drug-likeness (QED) is 0.800. The van der Waals surface area contributed by atoms with Crippen molar-refractivity contribution >= 4 is 11.6 Å². The molecule has 1 aromatic carbocycles. The molecule has 1 N–H and O–H groups in total. The SMILES string of the molecule is CNC.Clc1cccc2c1CCc1ncccc1O2. The van der Waals surface area contributed by atoms with E-state index in [-0.39, 0.29) is 0 Å². The van der Waals surface area contributed by atoms with Crippen molar-refractivity contribution < 1.29 is 4.74 Å². The molecule has 0 unspecified atom stereocenters. The maximum absolute atomic E-state index is 6.16. The second-order valence-corrected chi connectivity index (χ2v) is 4.67. The molecule has 0 radical (unpaired) electrons. The Labute approximate surface area is 118 Å². The van der Waals surface area contributed by atoms with E-state index >= 15 is 0 Å². The number of aromatic nitrogens is 1. The standard InChI is InChI=1S/C13H10ClNO.C2H7N/c14-10-3-1-4-12-9(10)6-7-11-13(16-12)5-2-8-15-11;1-3-2/h1-5,8H,6-7H2;3H,1-2H3. The van der Waals surface area contributed by atoms with Crippen molar-refractivity contribution in [3.05, 3.63) is 52.8 Å². The van der Waals surface area contributed by atoms with Crippen LogP contribution in [0.2, 0.25) is 5.02 Å². The first-order valence-electron chi connectivity index (χ1n) is 6.24. The molecule has 3 rings (SSSR count). The Bertz CT molecular complexity index is 558. The lowest BCUT2D eigenvalue weighted by Crippen LogP contribution is -1.91. The zero-order valence-corrected chi connectivity index (χ0v) is 11.9. The summed E-state index contributed by atoms with van der Waals surface area (Å²) in [6.07, 6.45) is 3.53. The highest BCUT2D eigenvalue weighted by Crippen LogP contribution is 2.35. The fourth-order valence-corrected chi connectivity index (χ4v) is 2.20. The van der Waals surface area contributed by atoms with Crippen LogP contribution in [0.1, 0.15) is 11.3 Å². The van der Waals surface area contributed by atoms with Gasteiger partial charge >= 0.3 is 0 Å². The molecule has 0 aliphatic carbocycles. The summed E-state index contributed by atoms with van der Waals surface area (Å²) in [7, 11) is 3.75. The molecule has 4 heteroatoms. The van der Waals surface area contributed by atoms with E-state index in [1.807, 2.05) is 44.4 Å². The van der Waals surface area contributed by atoms with Crippen LogP contribution in [0.25, 0.3) is 0 Å². The molecule has 1 aliphatic rings. The molecule has 3 nitrogen and oxygen atoms in total. The average molecular weight is 277 g/mol. The second-order valence-electron chi connectivity index (χ2n) is 4.27. The Kier molecular flexibility index (Phi) is 4.77. The summed E-state index contributed by atoms with van der Waals surface area (Å²) >= 11 is 6.16. The first-order valence-corrected chi connectivity index (χ1v) is 6.61. The third kappa shape index (κ3) is 3.25. The van der Waals surface area contributed by atoms with Crippen LogP contribution >= 0.6 is 11.6 Å². The summed E-state index contributed by atoms with van der Waals surface area (Å²) in [5, 5.41) is 3.52. The largest absolute Gasteiger partial charge is 0.455 e. The van der Waals surface area contributed by atoms with E-state index in [0.29, 0.717) is 0 Å². The molecule has 100 valence electrons. The first-order chi connectivity index (χ1) is 9.26. The van der Waals surface area contributed by atoms with Gasteiger partial charge in [-0.3, -0.25) is 4.98 Å². The molecule has 19 heavy (non-hydrogen) atoms. The molecule has 0 amide bonds. The number of aryl methyl sites for hydroxylation is 1. The van der Waals surface area contributed by atoms with Gasteiger partial charge in [-0.15, -0.1) is 0 Å². The van der Waals surface area contributed by atoms with Gasteiger partial charge in [0, 0.05) is 16.8 Å². The molecule has 0 saturated heterocycles. The van der Waals surface area contributed by atoms with E-state index in [0.717, 1.165) is 40.6 Å². The van der Waals surface area contributed by atoms with E-state index in [4.69, 9.17) is 16.3 Å². The van der Waals surface area contributed by atoms with Gasteiger partial charge in [0.05, 0.1) is 5.69 Å². The molecule has 0 spiro atoms. The van der Waals surface area contributed by atoms with Crippen LogP contribution in [0.4, 0.5) is 0 Å². The maximum Gasteiger partial charge on any atom is 0.148 e. The van der Waals surface area contributed by atoms with Gasteiger partial charge in [0.25, 0.3) is 0 Å². The monoisotopic (exact) mass is 276 g/mol. The summed E-state index contributed by atoms with van der Waals surface area (Å²) in [4.78, 5) is 4.32. The summed E-state index contributed by atoms with van der Waals surface area (Å²) in [5.74, 6) is 1.68. The van der Waals surface area contributed by atoms with Crippen LogP contribution in [0.3, 0.4) is 0 Å². The molecule has 0 bridgehead atoms. The minimum absolute atomic E-state index is 0.769. The number of fused-ring (bicyclic) bond motifs is 2. The smallest absolute Gasteiger partial charge is 0.148 e. The highest BCUT2D eigenvalue weighted by molar-refractivity contribution is 6.31. The minimum atomic E-state index is 0.769. The summed E-state index contributed by atoms with van der Waals surface area (Å²) < 4.78 is 5.84. The van der Waals surface area contributed by atoms with Gasteiger partial charge < -0.3 is 10.1 Å². The lowest BCUT2D eigenvalue weighted by atomic mass is 10.1. The zero-order valence-electron chi connectivity index (χ0n) is 11.1. The molecular weight excluding hydrogens is 260 g/mol. The van der Waals surface area contributed by atoms with Gasteiger partial charge in [-0.2, -0.15) is 0 Å². The molecular formula is C15H17ClN2O. The third-order valence-corrected chi connectivity index (χ3v) is 3.11. The van der Waals surface area contributed by atoms with Crippen LogP contribution in [0.15, 0.2) is 36.5 Å². The number of halogens is 1. The Morgan fingerprint density at radius 3 is 2.63 bits per heavy atom. The zero-order chi connectivity index (χ0) is 13.7. The van der Waals surface area contributed by atoms with Crippen molar-refractivity contribution in [3.8, 4) is 11.5 Å². The Morgan fingerprint density at radius 1 is 1.11 bits per heavy atom. The Morgan fingerprint density at radius 2 is 1.84 bits per heavy atom. The lowest BCUT2D eigenvalue weighted by Gasteiger charge is -2.08. The third-order valence-electron chi connectivity index (χ3n) is 2.76. The molecule has 2 aromatic rings. The van der Waals surface area contributed by atoms with E-state index in [2.05, 4.69) is 10.3 Å². The van der Waals surface area contributed by atoms with Crippen molar-refractivity contribution in [2.24, 2.45) is 0 Å². The second kappa shape index (κ2) is 6.55. The van der Waals surface area contributed by atoms with E-state index in [1.54, 1.807) is 6.20 Å². The number of nitrogens with zero attached hydrogens (tertiary/aromatic N) is 1. The van der Waals surface area contributed by atoms with Crippen molar-refractivity contribution in [2.75, 3.05) is 14.1 Å². The number of hydrogen-bond acceptors (Lipinski definition) is 3. The van der Waals surface area contributed by atoms with E-state index in [1.165, 1.54) is 0 Å². The maximum atomic E-state index is 6.16. The summed E-state index contributed by atoms with van der Waals surface area (Å²) in [5.41, 5.74) is 2.07. The van der Waals surface area contributed by atoms with Crippen molar-refractivity contribution in [1.82, 2.24) is 10.3 Å². The van der Waals surface area contributed by atoms with Gasteiger partial charge in [0.1, 0.15) is 11.5 Å². The van der Waals surface area contributed by atoms with E-state index < -0.39 is 0 Å². The number of pyridine rings is 1. The number of nitrogens with one attached hydrogen (secondary N) is 1. The van der Waals surface area contributed by atoms with Gasteiger partial charge in [0.15, 0.2) is 0 Å².